The van der Waals surface area contributed by atoms with E-state index in [4.69, 9.17) is 19.5 Å². The van der Waals surface area contributed by atoms with Crippen LogP contribution in [0.2, 0.25) is 0 Å². The highest BCUT2D eigenvalue weighted by molar-refractivity contribution is 5.96. The molecule has 0 fully saturated rings. The van der Waals surface area contributed by atoms with E-state index in [2.05, 4.69) is 9.97 Å². The predicted octanol–water partition coefficient (Wildman–Crippen LogP) is 5.91. The number of aromatic carboxylic acids is 1. The van der Waals surface area contributed by atoms with E-state index in [0.29, 0.717) is 23.4 Å². The Hall–Kier alpha value is -5.41. The van der Waals surface area contributed by atoms with Gasteiger partial charge in [-0.05, 0) is 42.0 Å². The first kappa shape index (κ1) is 30.1. The average Bonchev–Trinajstić information content (AvgIpc) is 3.35. The standard InChI is InChI=1S/C32H25F3N4O5/c1-42-9-8-39-28-14-22(32(40)41)29(43-2)15-27(28)37-30(39)12-20-11-25(35)21(13-24(20)34)26-4-3-5-31(38-26)44-17-19-7-6-18(16-36)10-23(19)33/h3-7,10-11,13-15H,8-9,12,17H2,1-2H3,(H,40,41). The van der Waals surface area contributed by atoms with Crippen molar-refractivity contribution in [2.75, 3.05) is 20.8 Å². The number of halogens is 3. The molecule has 0 saturated carbocycles. The van der Waals surface area contributed by atoms with E-state index in [1.165, 1.54) is 50.6 Å². The monoisotopic (exact) mass is 602 g/mol. The summed E-state index contributed by atoms with van der Waals surface area (Å²) in [6.45, 7) is 0.372. The molecule has 2 heterocycles. The highest BCUT2D eigenvalue weighted by Gasteiger charge is 2.21. The molecule has 3 aromatic carbocycles. The molecular weight excluding hydrogens is 577 g/mol. The van der Waals surface area contributed by atoms with Crippen LogP contribution in [0.3, 0.4) is 0 Å². The Morgan fingerprint density at radius 1 is 0.977 bits per heavy atom. The minimum absolute atomic E-state index is 0.0225. The highest BCUT2D eigenvalue weighted by atomic mass is 19.1. The topological polar surface area (TPSA) is 119 Å². The number of ether oxygens (including phenoxy) is 3. The number of fused-ring (bicyclic) bond motifs is 1. The maximum absolute atomic E-state index is 15.5. The zero-order valence-electron chi connectivity index (χ0n) is 23.6. The van der Waals surface area contributed by atoms with Crippen molar-refractivity contribution in [1.82, 2.24) is 14.5 Å². The Morgan fingerprint density at radius 3 is 2.48 bits per heavy atom. The van der Waals surface area contributed by atoms with E-state index in [9.17, 15) is 14.3 Å². The molecule has 1 N–H and O–H groups in total. The molecule has 0 spiro atoms. The van der Waals surface area contributed by atoms with Crippen molar-refractivity contribution in [1.29, 1.82) is 5.26 Å². The smallest absolute Gasteiger partial charge is 0.339 e. The first-order valence-corrected chi connectivity index (χ1v) is 13.3. The summed E-state index contributed by atoms with van der Waals surface area (Å²) in [7, 11) is 2.86. The fourth-order valence-electron chi connectivity index (χ4n) is 4.73. The lowest BCUT2D eigenvalue weighted by molar-refractivity contribution is 0.0693. The van der Waals surface area contributed by atoms with Crippen LogP contribution in [0.1, 0.15) is 32.9 Å². The number of carboxylic acids is 1. The minimum Gasteiger partial charge on any atom is -0.496 e. The lowest BCUT2D eigenvalue weighted by Crippen LogP contribution is -2.10. The molecule has 0 atom stereocenters. The molecule has 0 unspecified atom stereocenters. The third-order valence-corrected chi connectivity index (χ3v) is 6.94. The van der Waals surface area contributed by atoms with Crippen molar-refractivity contribution in [2.24, 2.45) is 0 Å². The third-order valence-electron chi connectivity index (χ3n) is 6.94. The second-order valence-electron chi connectivity index (χ2n) is 9.69. The maximum atomic E-state index is 15.5. The van der Waals surface area contributed by atoms with E-state index < -0.39 is 23.4 Å². The molecule has 0 aliphatic rings. The van der Waals surface area contributed by atoms with E-state index in [0.717, 1.165) is 18.2 Å². The van der Waals surface area contributed by atoms with Crippen molar-refractivity contribution >= 4 is 17.0 Å². The van der Waals surface area contributed by atoms with Gasteiger partial charge in [-0.2, -0.15) is 5.26 Å². The molecule has 0 aliphatic carbocycles. The Kier molecular flexibility index (Phi) is 8.78. The van der Waals surface area contributed by atoms with E-state index >= 15 is 8.78 Å². The normalized spacial score (nSPS) is 11.0. The predicted molar refractivity (Wildman–Crippen MR) is 153 cm³/mol. The molecule has 0 bridgehead atoms. The first-order chi connectivity index (χ1) is 21.2. The fraction of sp³-hybridized carbons (Fsp3) is 0.188. The second-order valence-corrected chi connectivity index (χ2v) is 9.69. The zero-order valence-corrected chi connectivity index (χ0v) is 23.6. The van der Waals surface area contributed by atoms with Crippen LogP contribution in [-0.4, -0.2) is 46.4 Å². The Balaban J connectivity index is 1.43. The molecule has 2 aromatic heterocycles. The number of nitrogens with zero attached hydrogens (tertiary/aromatic N) is 4. The first-order valence-electron chi connectivity index (χ1n) is 13.3. The van der Waals surface area contributed by atoms with Gasteiger partial charge in [0.1, 0.15) is 41.2 Å². The molecule has 5 aromatic rings. The number of carboxylic acid groups (broad SMARTS) is 1. The van der Waals surface area contributed by atoms with Gasteiger partial charge in [-0.15, -0.1) is 0 Å². The van der Waals surface area contributed by atoms with Crippen molar-refractivity contribution in [3.8, 4) is 29.0 Å². The number of hydrogen-bond acceptors (Lipinski definition) is 7. The molecule has 12 heteroatoms. The van der Waals surface area contributed by atoms with Crippen LogP contribution in [0.5, 0.6) is 11.6 Å². The summed E-state index contributed by atoms with van der Waals surface area (Å²) in [5, 5.41) is 18.5. The number of carbonyl (C=O) groups is 1. The Labute approximate surface area is 249 Å². The van der Waals surface area contributed by atoms with Gasteiger partial charge >= 0.3 is 5.97 Å². The number of rotatable bonds is 11. The minimum atomic E-state index is -1.18. The number of pyridine rings is 1. The van der Waals surface area contributed by atoms with Gasteiger partial charge in [-0.3, -0.25) is 0 Å². The summed E-state index contributed by atoms with van der Waals surface area (Å²) in [6.07, 6.45) is -0.0983. The molecule has 5 rings (SSSR count). The zero-order chi connectivity index (χ0) is 31.4. The lowest BCUT2D eigenvalue weighted by Gasteiger charge is -2.12. The summed E-state index contributed by atoms with van der Waals surface area (Å²) < 4.78 is 62.8. The summed E-state index contributed by atoms with van der Waals surface area (Å²) in [4.78, 5) is 20.6. The van der Waals surface area contributed by atoms with E-state index in [1.54, 1.807) is 10.6 Å². The molecule has 0 aliphatic heterocycles. The molecule has 0 radical (unpaired) electrons. The van der Waals surface area contributed by atoms with Gasteiger partial charge in [0, 0.05) is 43.3 Å². The second kappa shape index (κ2) is 12.8. The summed E-state index contributed by atoms with van der Waals surface area (Å²) in [5.74, 6) is -2.68. The number of methoxy groups -OCH3 is 2. The molecule has 0 amide bonds. The van der Waals surface area contributed by atoms with E-state index in [1.807, 2.05) is 6.07 Å². The van der Waals surface area contributed by atoms with Crippen LogP contribution in [0.25, 0.3) is 22.3 Å². The van der Waals surface area contributed by atoms with Gasteiger partial charge in [-0.25, -0.2) is 27.9 Å². The van der Waals surface area contributed by atoms with Crippen molar-refractivity contribution < 1.29 is 37.3 Å². The van der Waals surface area contributed by atoms with Gasteiger partial charge in [0.15, 0.2) is 0 Å². The van der Waals surface area contributed by atoms with Crippen LogP contribution in [0.15, 0.2) is 60.7 Å². The fourth-order valence-corrected chi connectivity index (χ4v) is 4.73. The molecule has 0 saturated heterocycles. The Bertz CT molecular complexity index is 1920. The van der Waals surface area contributed by atoms with Crippen molar-refractivity contribution in [3.05, 3.63) is 106 Å². The van der Waals surface area contributed by atoms with Crippen LogP contribution in [0, 0.1) is 28.8 Å². The summed E-state index contributed by atoms with van der Waals surface area (Å²) in [6, 6.07) is 15.4. The molecule has 44 heavy (non-hydrogen) atoms. The number of benzene rings is 3. The van der Waals surface area contributed by atoms with Crippen LogP contribution >= 0.6 is 0 Å². The molecule has 224 valence electrons. The van der Waals surface area contributed by atoms with Crippen LogP contribution < -0.4 is 9.47 Å². The van der Waals surface area contributed by atoms with Gasteiger partial charge in [-0.1, -0.05) is 12.1 Å². The van der Waals surface area contributed by atoms with Gasteiger partial charge in [0.05, 0.1) is 42.1 Å². The maximum Gasteiger partial charge on any atom is 0.339 e. The number of nitriles is 1. The molecule has 9 nitrogen and oxygen atoms in total. The summed E-state index contributed by atoms with van der Waals surface area (Å²) in [5.41, 5.74) is 1.24. The average molecular weight is 603 g/mol. The highest BCUT2D eigenvalue weighted by Crippen LogP contribution is 2.30. The molecular formula is C32H25F3N4O5. The van der Waals surface area contributed by atoms with Crippen molar-refractivity contribution in [2.45, 2.75) is 19.6 Å². The summed E-state index contributed by atoms with van der Waals surface area (Å²) >= 11 is 0. The van der Waals surface area contributed by atoms with Gasteiger partial charge < -0.3 is 23.9 Å². The van der Waals surface area contributed by atoms with Gasteiger partial charge in [0.2, 0.25) is 5.88 Å². The van der Waals surface area contributed by atoms with Crippen LogP contribution in [0.4, 0.5) is 13.2 Å². The number of hydrogen-bond donors (Lipinski definition) is 1. The number of imidazole rings is 1. The SMILES string of the molecule is COCCn1c(Cc2cc(F)c(-c3cccc(OCc4ccc(C#N)cc4F)n3)cc2F)nc2cc(OC)c(C(=O)O)cc21. The largest absolute Gasteiger partial charge is 0.496 e. The lowest BCUT2D eigenvalue weighted by atomic mass is 10.0. The van der Waals surface area contributed by atoms with Gasteiger partial charge in [0.25, 0.3) is 0 Å². The third kappa shape index (κ3) is 6.18. The van der Waals surface area contributed by atoms with Crippen molar-refractivity contribution in [3.63, 3.8) is 0 Å². The van der Waals surface area contributed by atoms with E-state index in [-0.39, 0.29) is 64.8 Å². The quantitative estimate of drug-likeness (QED) is 0.198. The Morgan fingerprint density at radius 2 is 1.77 bits per heavy atom. The number of aromatic nitrogens is 3. The van der Waals surface area contributed by atoms with Crippen LogP contribution in [-0.2, 0) is 24.3 Å².